The van der Waals surface area contributed by atoms with Crippen molar-refractivity contribution in [2.45, 2.75) is 55.9 Å². The molecule has 18 nitrogen and oxygen atoms in total. The van der Waals surface area contributed by atoms with Crippen LogP contribution in [0.2, 0.25) is 0 Å². The lowest BCUT2D eigenvalue weighted by molar-refractivity contribution is -0.122. The summed E-state index contributed by atoms with van der Waals surface area (Å²) in [6, 6.07) is 0.382. The molecule has 3 unspecified atom stereocenters. The molecule has 2 fully saturated rings. The number of nitrogens with one attached hydrogen (secondary N) is 5. The number of urea groups is 1. The van der Waals surface area contributed by atoms with E-state index >= 15 is 0 Å². The lowest BCUT2D eigenvalue weighted by Gasteiger charge is -2.16. The molecule has 0 spiro atoms. The van der Waals surface area contributed by atoms with E-state index < -0.39 is 0 Å². The first kappa shape index (κ1) is 49.5. The lowest BCUT2D eigenvalue weighted by atomic mass is 10.0. The van der Waals surface area contributed by atoms with E-state index in [0.717, 1.165) is 30.8 Å². The number of ether oxygens (including phenoxy) is 7. The fraction of sp³-hybridized carbons (Fsp3) is 0.882. The van der Waals surface area contributed by atoms with E-state index in [4.69, 9.17) is 39.1 Å². The summed E-state index contributed by atoms with van der Waals surface area (Å²) in [5.41, 5.74) is 0. The van der Waals surface area contributed by atoms with Crippen LogP contribution < -0.4 is 32.5 Å². The molecule has 0 aromatic rings. The number of carbonyl (C=O) groups is 4. The molecular weight excluding hydrogens is 781 g/mol. The SMILES string of the molecule is NOCCOCCOCCOCCNC(=O)CCSSCCNC(=O)CCOCCOCCOCCOCCNC(=O)CCCCC1SCC2NC(=O)NC21. The monoisotopic (exact) mass is 844 g/mol. The Hall–Kier alpha value is -1.63. The summed E-state index contributed by atoms with van der Waals surface area (Å²) >= 11 is 1.89. The summed E-state index contributed by atoms with van der Waals surface area (Å²) in [4.78, 5) is 51.8. The highest BCUT2D eigenvalue weighted by molar-refractivity contribution is 8.76. The van der Waals surface area contributed by atoms with Gasteiger partial charge in [-0.15, -0.1) is 0 Å². The number of carbonyl (C=O) groups excluding carboxylic acids is 4. The Morgan fingerprint density at radius 2 is 1.09 bits per heavy atom. The summed E-state index contributed by atoms with van der Waals surface area (Å²) in [7, 11) is 3.21. The second-order valence-corrected chi connectivity index (χ2v) is 16.2. The van der Waals surface area contributed by atoms with Crippen molar-refractivity contribution in [2.24, 2.45) is 5.90 Å². The highest BCUT2D eigenvalue weighted by Crippen LogP contribution is 2.33. The number of thioether (sulfide) groups is 1. The van der Waals surface area contributed by atoms with Crippen LogP contribution in [0.15, 0.2) is 0 Å². The summed E-state index contributed by atoms with van der Waals surface area (Å²) in [6.45, 7) is 7.81. The zero-order chi connectivity index (χ0) is 39.4. The normalized spacial score (nSPS) is 17.5. The van der Waals surface area contributed by atoms with E-state index in [1.807, 2.05) is 11.8 Å². The molecule has 55 heavy (non-hydrogen) atoms. The number of nitrogens with two attached hydrogens (primary N) is 1. The molecule has 0 aromatic carbocycles. The van der Waals surface area contributed by atoms with E-state index in [9.17, 15) is 19.2 Å². The Kier molecular flexibility index (Phi) is 32.0. The number of amides is 5. The predicted molar refractivity (Wildman–Crippen MR) is 213 cm³/mol. The molecule has 3 atom stereocenters. The number of fused-ring (bicyclic) bond motifs is 1. The molecule has 0 saturated carbocycles. The molecule has 2 aliphatic rings. The molecule has 0 aliphatic carbocycles. The zero-order valence-corrected chi connectivity index (χ0v) is 34.5. The van der Waals surface area contributed by atoms with Gasteiger partial charge in [-0.05, 0) is 12.8 Å². The van der Waals surface area contributed by atoms with Crippen molar-refractivity contribution >= 4 is 57.1 Å². The first-order chi connectivity index (χ1) is 27.0. The van der Waals surface area contributed by atoms with Gasteiger partial charge in [-0.3, -0.25) is 14.4 Å². The topological polar surface area (TPSA) is 228 Å². The van der Waals surface area contributed by atoms with Crippen LogP contribution in [0.3, 0.4) is 0 Å². The van der Waals surface area contributed by atoms with E-state index in [1.165, 1.54) is 0 Å². The zero-order valence-electron chi connectivity index (χ0n) is 32.0. The van der Waals surface area contributed by atoms with E-state index in [-0.39, 0.29) is 42.3 Å². The first-order valence-corrected chi connectivity index (χ1v) is 22.6. The summed E-state index contributed by atoms with van der Waals surface area (Å²) in [6.07, 6.45) is 3.99. The average Bonchev–Trinajstić information content (AvgIpc) is 3.73. The van der Waals surface area contributed by atoms with Gasteiger partial charge >= 0.3 is 6.03 Å². The van der Waals surface area contributed by atoms with E-state index in [2.05, 4.69) is 31.4 Å². The van der Waals surface area contributed by atoms with Crippen molar-refractivity contribution < 1.29 is 57.2 Å². The predicted octanol–water partition coefficient (Wildman–Crippen LogP) is 0.229. The third kappa shape index (κ3) is 28.4. The van der Waals surface area contributed by atoms with Gasteiger partial charge in [-0.2, -0.15) is 11.8 Å². The maximum Gasteiger partial charge on any atom is 0.315 e. The smallest absolute Gasteiger partial charge is 0.315 e. The minimum Gasteiger partial charge on any atom is -0.379 e. The lowest BCUT2D eigenvalue weighted by Crippen LogP contribution is -2.36. The van der Waals surface area contributed by atoms with Crippen molar-refractivity contribution in [3.8, 4) is 0 Å². The van der Waals surface area contributed by atoms with Crippen molar-refractivity contribution in [2.75, 3.05) is 136 Å². The molecule has 0 radical (unpaired) electrons. The highest BCUT2D eigenvalue weighted by atomic mass is 33.1. The van der Waals surface area contributed by atoms with Gasteiger partial charge in [-0.25, -0.2) is 10.7 Å². The molecule has 0 bridgehead atoms. The minimum absolute atomic E-state index is 0.0209. The number of hydrogen-bond donors (Lipinski definition) is 6. The van der Waals surface area contributed by atoms with Gasteiger partial charge in [0.25, 0.3) is 0 Å². The number of hydrogen-bond acceptors (Lipinski definition) is 16. The standard InChI is InChI=1S/C34H64N6O12S3/c35-52-24-23-51-22-21-50-18-15-47-12-8-37-32(43)6-25-54-55-26-9-38-31(42)5-10-45-13-16-48-19-20-49-17-14-46-11-7-36-30(41)4-2-1-3-29-33-28(27-53-29)39-34(44)40-33/h28-29,33H,1-27,35H2,(H,36,41)(H,37,43)(H,38,42)(H2,39,40,44). The van der Waals surface area contributed by atoms with Crippen molar-refractivity contribution in [3.05, 3.63) is 0 Å². The van der Waals surface area contributed by atoms with Gasteiger partial charge in [0.15, 0.2) is 0 Å². The van der Waals surface area contributed by atoms with Crippen LogP contribution in [0.4, 0.5) is 4.79 Å². The third-order valence-corrected chi connectivity index (χ3v) is 11.8. The second kappa shape index (κ2) is 35.5. The van der Waals surface area contributed by atoms with E-state index in [1.54, 1.807) is 21.6 Å². The van der Waals surface area contributed by atoms with Gasteiger partial charge in [0.05, 0.1) is 111 Å². The maximum atomic E-state index is 12.0. The van der Waals surface area contributed by atoms with Crippen molar-refractivity contribution in [1.29, 1.82) is 0 Å². The van der Waals surface area contributed by atoms with Crippen LogP contribution in [0, 0.1) is 0 Å². The third-order valence-electron chi connectivity index (χ3n) is 7.90. The van der Waals surface area contributed by atoms with Crippen LogP contribution in [-0.2, 0) is 52.4 Å². The van der Waals surface area contributed by atoms with Crippen molar-refractivity contribution in [1.82, 2.24) is 26.6 Å². The molecule has 320 valence electrons. The Morgan fingerprint density at radius 1 is 0.600 bits per heavy atom. The molecule has 0 aromatic heterocycles. The maximum absolute atomic E-state index is 12.0. The molecule has 2 heterocycles. The highest BCUT2D eigenvalue weighted by Gasteiger charge is 2.42. The second-order valence-electron chi connectivity index (χ2n) is 12.2. The molecular formula is C34H64N6O12S3. The molecule has 2 saturated heterocycles. The molecule has 7 N–H and O–H groups in total. The van der Waals surface area contributed by atoms with Crippen LogP contribution in [0.25, 0.3) is 0 Å². The quantitative estimate of drug-likeness (QED) is 0.0211. The van der Waals surface area contributed by atoms with E-state index in [0.29, 0.717) is 143 Å². The first-order valence-electron chi connectivity index (χ1n) is 19.1. The fourth-order valence-corrected chi connectivity index (χ4v) is 8.56. The summed E-state index contributed by atoms with van der Waals surface area (Å²) in [5, 5.41) is 14.9. The fourth-order valence-electron chi connectivity index (χ4n) is 5.12. The Balaban J connectivity index is 1.20. The molecule has 21 heteroatoms. The Labute approximate surface area is 337 Å². The van der Waals surface area contributed by atoms with Crippen molar-refractivity contribution in [3.63, 3.8) is 0 Å². The number of unbranched alkanes of at least 4 members (excludes halogenated alkanes) is 1. The van der Waals surface area contributed by atoms with Crippen LogP contribution >= 0.6 is 33.3 Å². The Morgan fingerprint density at radius 3 is 1.69 bits per heavy atom. The van der Waals surface area contributed by atoms with Crippen LogP contribution in [-0.4, -0.2) is 177 Å². The van der Waals surface area contributed by atoms with Gasteiger partial charge in [0.2, 0.25) is 17.7 Å². The largest absolute Gasteiger partial charge is 0.379 e. The van der Waals surface area contributed by atoms with Gasteiger partial charge in [0.1, 0.15) is 0 Å². The minimum atomic E-state index is -0.0679. The number of rotatable bonds is 39. The molecule has 2 rings (SSSR count). The summed E-state index contributed by atoms with van der Waals surface area (Å²) in [5.74, 6) is 7.22. The molecule has 2 aliphatic heterocycles. The van der Waals surface area contributed by atoms with Gasteiger partial charge < -0.3 is 64.6 Å². The molecule has 5 amide bonds. The average molecular weight is 845 g/mol. The van der Waals surface area contributed by atoms with Crippen LogP contribution in [0.1, 0.15) is 38.5 Å². The Bertz CT molecular complexity index is 1020. The van der Waals surface area contributed by atoms with Gasteiger partial charge in [-0.1, -0.05) is 28.0 Å². The summed E-state index contributed by atoms with van der Waals surface area (Å²) < 4.78 is 37.9. The van der Waals surface area contributed by atoms with Crippen LogP contribution in [0.5, 0.6) is 0 Å². The van der Waals surface area contributed by atoms with Gasteiger partial charge in [0, 0.05) is 61.4 Å².